The molecule has 0 bridgehead atoms. The van der Waals surface area contributed by atoms with Gasteiger partial charge in [0.2, 0.25) is 0 Å². The van der Waals surface area contributed by atoms with Gasteiger partial charge in [-0.2, -0.15) is 0 Å². The van der Waals surface area contributed by atoms with E-state index in [2.05, 4.69) is 35.2 Å². The Morgan fingerprint density at radius 3 is 2.37 bits per heavy atom. The van der Waals surface area contributed by atoms with Crippen molar-refractivity contribution in [1.29, 1.82) is 0 Å². The quantitative estimate of drug-likeness (QED) is 0.273. The summed E-state index contributed by atoms with van der Waals surface area (Å²) in [6.07, 6.45) is 1.96. The number of amides is 1. The number of fused-ring (bicyclic) bond motifs is 2. The van der Waals surface area contributed by atoms with Gasteiger partial charge < -0.3 is 24.0 Å². The normalized spacial score (nSPS) is 19.8. The second-order valence-electron chi connectivity index (χ2n) is 11.4. The van der Waals surface area contributed by atoms with Gasteiger partial charge in [0.15, 0.2) is 5.79 Å². The second kappa shape index (κ2) is 11.6. The fraction of sp³-hybridized carbons (Fsp3) is 0.314. The molecule has 2 fully saturated rings. The lowest BCUT2D eigenvalue weighted by molar-refractivity contribution is -0.180. The molecule has 3 aliphatic rings. The minimum Gasteiger partial charge on any atom is -0.497 e. The van der Waals surface area contributed by atoms with Gasteiger partial charge in [-0.05, 0) is 52.2 Å². The van der Waals surface area contributed by atoms with Crippen molar-refractivity contribution in [3.8, 4) is 5.75 Å². The number of halogens is 1. The van der Waals surface area contributed by atoms with Crippen LogP contribution in [0.5, 0.6) is 5.75 Å². The molecule has 4 aromatic rings. The summed E-state index contributed by atoms with van der Waals surface area (Å²) in [6.45, 7) is 3.07. The summed E-state index contributed by atoms with van der Waals surface area (Å²) < 4.78 is 17.4. The largest absolute Gasteiger partial charge is 0.497 e. The number of piperidine rings is 1. The molecule has 7 nitrogen and oxygen atoms in total. The van der Waals surface area contributed by atoms with Gasteiger partial charge in [0.05, 0.1) is 32.6 Å². The van der Waals surface area contributed by atoms with E-state index >= 15 is 0 Å². The highest BCUT2D eigenvalue weighted by molar-refractivity contribution is 6.31. The number of anilines is 1. The summed E-state index contributed by atoms with van der Waals surface area (Å²) in [5, 5.41) is 2.92. The number of nitrogens with zero attached hydrogens (tertiary/aromatic N) is 3. The molecular formula is C35H34ClN3O4. The molecule has 1 spiro atoms. The number of benzene rings is 4. The van der Waals surface area contributed by atoms with Gasteiger partial charge in [-0.25, -0.2) is 0 Å². The lowest BCUT2D eigenvalue weighted by Crippen LogP contribution is -2.47. The van der Waals surface area contributed by atoms with Crippen LogP contribution in [0.2, 0.25) is 5.02 Å². The van der Waals surface area contributed by atoms with Crippen LogP contribution in [0.3, 0.4) is 0 Å². The second-order valence-corrected chi connectivity index (χ2v) is 11.8. The van der Waals surface area contributed by atoms with Crippen molar-refractivity contribution in [3.05, 3.63) is 107 Å². The molecule has 1 atom stereocenters. The SMILES string of the molecule is COc1ccc(CN2C(=O)C(Cc3ccc4ccccc4c3)N=C(N3CCC4(CC3)OCCO4)c3cc(Cl)ccc32)cc1. The van der Waals surface area contributed by atoms with Gasteiger partial charge >= 0.3 is 0 Å². The summed E-state index contributed by atoms with van der Waals surface area (Å²) in [5.41, 5.74) is 3.73. The summed E-state index contributed by atoms with van der Waals surface area (Å²) in [6, 6.07) is 27.6. The van der Waals surface area contributed by atoms with Crippen LogP contribution in [-0.2, 0) is 27.2 Å². The van der Waals surface area contributed by atoms with Crippen LogP contribution in [0, 0.1) is 0 Å². The first-order valence-electron chi connectivity index (χ1n) is 14.8. The maximum absolute atomic E-state index is 14.5. The molecule has 43 heavy (non-hydrogen) atoms. The van der Waals surface area contributed by atoms with Crippen LogP contribution in [0.25, 0.3) is 10.8 Å². The molecule has 0 aliphatic carbocycles. The molecule has 0 aromatic heterocycles. The smallest absolute Gasteiger partial charge is 0.252 e. The van der Waals surface area contributed by atoms with Gasteiger partial charge in [0.25, 0.3) is 5.91 Å². The van der Waals surface area contributed by atoms with Crippen LogP contribution in [-0.4, -0.2) is 61.9 Å². The highest BCUT2D eigenvalue weighted by atomic mass is 35.5. The van der Waals surface area contributed by atoms with Crippen LogP contribution in [0.4, 0.5) is 5.69 Å². The molecule has 0 radical (unpaired) electrons. The first-order chi connectivity index (χ1) is 21.0. The van der Waals surface area contributed by atoms with E-state index in [9.17, 15) is 4.79 Å². The third-order valence-corrected chi connectivity index (χ3v) is 8.94. The summed E-state index contributed by atoms with van der Waals surface area (Å²) in [5.74, 6) is 1.01. The number of hydrogen-bond donors (Lipinski definition) is 0. The molecule has 4 aromatic carbocycles. The first-order valence-corrected chi connectivity index (χ1v) is 15.2. The van der Waals surface area contributed by atoms with Crippen molar-refractivity contribution in [2.75, 3.05) is 38.3 Å². The van der Waals surface area contributed by atoms with E-state index < -0.39 is 11.8 Å². The lowest BCUT2D eigenvalue weighted by atomic mass is 10.0. The maximum atomic E-state index is 14.5. The Labute approximate surface area is 256 Å². The summed E-state index contributed by atoms with van der Waals surface area (Å²) >= 11 is 6.60. The van der Waals surface area contributed by atoms with E-state index in [0.717, 1.165) is 52.2 Å². The molecule has 7 rings (SSSR count). The number of carbonyl (C=O) groups excluding carboxylic acids is 1. The average Bonchev–Trinajstić information content (AvgIpc) is 3.46. The van der Waals surface area contributed by atoms with E-state index in [-0.39, 0.29) is 5.91 Å². The third kappa shape index (κ3) is 5.60. The number of methoxy groups -OCH3 is 1. The monoisotopic (exact) mass is 595 g/mol. The Morgan fingerprint density at radius 1 is 0.907 bits per heavy atom. The molecule has 1 amide bonds. The predicted octanol–water partition coefficient (Wildman–Crippen LogP) is 6.25. The van der Waals surface area contributed by atoms with Crippen LogP contribution in [0.15, 0.2) is 89.9 Å². The Hall–Kier alpha value is -3.91. The molecule has 220 valence electrons. The molecule has 8 heteroatoms. The van der Waals surface area contributed by atoms with Crippen molar-refractivity contribution in [2.45, 2.75) is 37.6 Å². The number of hydrogen-bond acceptors (Lipinski definition) is 6. The fourth-order valence-electron chi connectivity index (χ4n) is 6.39. The zero-order chi connectivity index (χ0) is 29.4. The van der Waals surface area contributed by atoms with Crippen LogP contribution < -0.4 is 9.64 Å². The van der Waals surface area contributed by atoms with Crippen LogP contribution in [0.1, 0.15) is 29.5 Å². The molecule has 3 aliphatic heterocycles. The van der Waals surface area contributed by atoms with E-state index in [1.54, 1.807) is 7.11 Å². The zero-order valence-electron chi connectivity index (χ0n) is 24.2. The standard InChI is InChI=1S/C35H34ClN3O4/c1-41-29-11-7-24(8-12-29)23-39-32-13-10-28(36)22-30(32)33(38-16-14-35(15-17-38)42-18-19-43-35)37-31(34(39)40)21-25-6-9-26-4-2-3-5-27(26)20-25/h2-13,20,22,31H,14-19,21,23H2,1H3. The highest BCUT2D eigenvalue weighted by Crippen LogP contribution is 2.36. The molecule has 0 N–H and O–H groups in total. The number of aliphatic imine (C=N–C) groups is 1. The van der Waals surface area contributed by atoms with Crippen LogP contribution >= 0.6 is 11.6 Å². The topological polar surface area (TPSA) is 63.6 Å². The third-order valence-electron chi connectivity index (χ3n) is 8.70. The number of amidine groups is 1. The summed E-state index contributed by atoms with van der Waals surface area (Å²) in [4.78, 5) is 23.9. The van der Waals surface area contributed by atoms with Gasteiger partial charge in [-0.15, -0.1) is 0 Å². The number of rotatable bonds is 5. The van der Waals surface area contributed by atoms with Gasteiger partial charge in [0, 0.05) is 42.9 Å². The number of ether oxygens (including phenoxy) is 3. The van der Waals surface area contributed by atoms with Crippen molar-refractivity contribution in [1.82, 2.24) is 4.90 Å². The minimum absolute atomic E-state index is 0.0431. The summed E-state index contributed by atoms with van der Waals surface area (Å²) in [7, 11) is 1.65. The molecule has 2 saturated heterocycles. The van der Waals surface area contributed by atoms with Gasteiger partial charge in [-0.3, -0.25) is 9.79 Å². The van der Waals surface area contributed by atoms with Gasteiger partial charge in [-0.1, -0.05) is 66.2 Å². The highest BCUT2D eigenvalue weighted by Gasteiger charge is 2.42. The molecule has 0 saturated carbocycles. The first kappa shape index (κ1) is 27.9. The Balaban J connectivity index is 1.29. The van der Waals surface area contributed by atoms with Crippen molar-refractivity contribution < 1.29 is 19.0 Å². The predicted molar refractivity (Wildman–Crippen MR) is 169 cm³/mol. The minimum atomic E-state index is -0.615. The van der Waals surface area contributed by atoms with Crippen molar-refractivity contribution in [2.24, 2.45) is 4.99 Å². The van der Waals surface area contributed by atoms with E-state index in [0.29, 0.717) is 44.3 Å². The van der Waals surface area contributed by atoms with Crippen molar-refractivity contribution in [3.63, 3.8) is 0 Å². The van der Waals surface area contributed by atoms with E-state index in [4.69, 9.17) is 30.8 Å². The van der Waals surface area contributed by atoms with E-state index in [1.165, 1.54) is 5.39 Å². The Bertz CT molecular complexity index is 1670. The van der Waals surface area contributed by atoms with Gasteiger partial charge in [0.1, 0.15) is 17.6 Å². The molecular weight excluding hydrogens is 562 g/mol. The number of likely N-dealkylation sites (tertiary alicyclic amines) is 1. The number of benzodiazepines with no additional fused rings is 1. The van der Waals surface area contributed by atoms with E-state index in [1.807, 2.05) is 59.5 Å². The molecule has 1 unspecified atom stereocenters. The maximum Gasteiger partial charge on any atom is 0.252 e. The number of carbonyl (C=O) groups is 1. The average molecular weight is 596 g/mol. The Kier molecular flexibility index (Phi) is 7.55. The lowest BCUT2D eigenvalue weighted by Gasteiger charge is -2.39. The molecule has 3 heterocycles. The zero-order valence-corrected chi connectivity index (χ0v) is 24.9. The fourth-order valence-corrected chi connectivity index (χ4v) is 6.56. The van der Waals surface area contributed by atoms with Crippen molar-refractivity contribution >= 4 is 39.8 Å². The Morgan fingerprint density at radius 2 is 1.63 bits per heavy atom.